The highest BCUT2D eigenvalue weighted by Crippen LogP contribution is 2.24. The van der Waals surface area contributed by atoms with Crippen molar-refractivity contribution in [2.75, 3.05) is 24.6 Å². The minimum Gasteiger partial charge on any atom is -0.494 e. The van der Waals surface area contributed by atoms with Gasteiger partial charge in [0.15, 0.2) is 5.13 Å². The molecule has 0 aliphatic carbocycles. The van der Waals surface area contributed by atoms with E-state index in [1.165, 1.54) is 0 Å². The van der Waals surface area contributed by atoms with Crippen molar-refractivity contribution in [2.24, 2.45) is 0 Å². The summed E-state index contributed by atoms with van der Waals surface area (Å²) < 4.78 is 33.6. The lowest BCUT2D eigenvalue weighted by molar-refractivity contribution is 0.337. The minimum absolute atomic E-state index is 0.0481. The molecule has 1 aromatic carbocycles. The summed E-state index contributed by atoms with van der Waals surface area (Å²) in [5.74, 6) is 0.721. The first-order valence-electron chi connectivity index (χ1n) is 8.40. The van der Waals surface area contributed by atoms with E-state index in [-0.39, 0.29) is 10.9 Å². The predicted molar refractivity (Wildman–Crippen MR) is 100 cm³/mol. The third-order valence-electron chi connectivity index (χ3n) is 4.26. The van der Waals surface area contributed by atoms with Crippen molar-refractivity contribution >= 4 is 26.5 Å². The van der Waals surface area contributed by atoms with E-state index in [9.17, 15) is 8.42 Å². The van der Waals surface area contributed by atoms with Crippen molar-refractivity contribution in [1.29, 1.82) is 0 Å². The Labute approximate surface area is 152 Å². The summed E-state index contributed by atoms with van der Waals surface area (Å²) in [4.78, 5) is 6.81. The molecular formula is C17H23N3O3S2. The first-order valence-corrected chi connectivity index (χ1v) is 10.8. The smallest absolute Gasteiger partial charge is 0.240 e. The van der Waals surface area contributed by atoms with Crippen LogP contribution in [0, 0.1) is 6.92 Å². The zero-order chi connectivity index (χ0) is 17.9. The molecule has 1 fully saturated rings. The second kappa shape index (κ2) is 7.72. The van der Waals surface area contributed by atoms with Crippen molar-refractivity contribution < 1.29 is 13.2 Å². The van der Waals surface area contributed by atoms with Crippen LogP contribution in [0.1, 0.15) is 25.3 Å². The molecule has 8 heteroatoms. The highest BCUT2D eigenvalue weighted by molar-refractivity contribution is 7.89. The summed E-state index contributed by atoms with van der Waals surface area (Å²) in [6.07, 6.45) is 3.34. The Morgan fingerprint density at radius 3 is 2.72 bits per heavy atom. The number of benzene rings is 1. The fourth-order valence-corrected chi connectivity index (χ4v) is 5.04. The SMILES string of the molecule is CCOc1ccc(S(=O)(=O)NC2CCN(c3nccs3)CC2)cc1C. The van der Waals surface area contributed by atoms with E-state index in [4.69, 9.17) is 4.74 Å². The van der Waals surface area contributed by atoms with Gasteiger partial charge in [0, 0.05) is 30.7 Å². The molecule has 2 aromatic rings. The number of rotatable bonds is 6. The van der Waals surface area contributed by atoms with Crippen LogP contribution in [0.25, 0.3) is 0 Å². The fourth-order valence-electron chi connectivity index (χ4n) is 2.95. The van der Waals surface area contributed by atoms with Crippen LogP contribution in [0.15, 0.2) is 34.7 Å². The Bertz CT molecular complexity index is 799. The molecule has 1 N–H and O–H groups in total. The number of aromatic nitrogens is 1. The first-order chi connectivity index (χ1) is 12.0. The molecule has 3 rings (SSSR count). The van der Waals surface area contributed by atoms with Crippen LogP contribution in [0.5, 0.6) is 5.75 Å². The standard InChI is InChI=1S/C17H23N3O3S2/c1-3-23-16-5-4-15(12-13(16)2)25(21,22)19-14-6-9-20(10-7-14)17-18-8-11-24-17/h4-5,8,11-12,14,19H,3,6-7,9-10H2,1-2H3. The number of nitrogens with one attached hydrogen (secondary N) is 1. The lowest BCUT2D eigenvalue weighted by atomic mass is 10.1. The summed E-state index contributed by atoms with van der Waals surface area (Å²) in [6, 6.07) is 4.94. The van der Waals surface area contributed by atoms with Crippen molar-refractivity contribution in [3.05, 3.63) is 35.3 Å². The molecule has 1 saturated heterocycles. The quantitative estimate of drug-likeness (QED) is 0.833. The minimum atomic E-state index is -3.52. The Morgan fingerprint density at radius 2 is 2.12 bits per heavy atom. The summed E-state index contributed by atoms with van der Waals surface area (Å²) in [5, 5.41) is 2.96. The molecular weight excluding hydrogens is 358 g/mol. The lowest BCUT2D eigenvalue weighted by Gasteiger charge is -2.32. The van der Waals surface area contributed by atoms with Gasteiger partial charge in [-0.2, -0.15) is 0 Å². The monoisotopic (exact) mass is 381 g/mol. The molecule has 25 heavy (non-hydrogen) atoms. The van der Waals surface area contributed by atoms with Crippen LogP contribution < -0.4 is 14.4 Å². The van der Waals surface area contributed by atoms with E-state index < -0.39 is 10.0 Å². The molecule has 0 radical (unpaired) electrons. The van der Waals surface area contributed by atoms with Crippen LogP contribution in [0.2, 0.25) is 0 Å². The fraction of sp³-hybridized carbons (Fsp3) is 0.471. The van der Waals surface area contributed by atoms with Gasteiger partial charge in [-0.15, -0.1) is 11.3 Å². The normalized spacial score (nSPS) is 16.2. The van der Waals surface area contributed by atoms with E-state index in [1.54, 1.807) is 35.7 Å². The molecule has 0 bridgehead atoms. The van der Waals surface area contributed by atoms with Gasteiger partial charge in [0.2, 0.25) is 10.0 Å². The van der Waals surface area contributed by atoms with E-state index in [2.05, 4.69) is 14.6 Å². The molecule has 1 aliphatic rings. The number of sulfonamides is 1. The van der Waals surface area contributed by atoms with E-state index in [0.717, 1.165) is 42.4 Å². The van der Waals surface area contributed by atoms with Gasteiger partial charge >= 0.3 is 0 Å². The third-order valence-corrected chi connectivity index (χ3v) is 6.61. The number of hydrogen-bond donors (Lipinski definition) is 1. The largest absolute Gasteiger partial charge is 0.494 e. The molecule has 0 atom stereocenters. The molecule has 1 aliphatic heterocycles. The lowest BCUT2D eigenvalue weighted by Crippen LogP contribution is -2.44. The molecule has 0 spiro atoms. The number of ether oxygens (including phenoxy) is 1. The second-order valence-electron chi connectivity index (χ2n) is 6.06. The van der Waals surface area contributed by atoms with Gasteiger partial charge < -0.3 is 9.64 Å². The number of anilines is 1. The van der Waals surface area contributed by atoms with Gasteiger partial charge in [-0.25, -0.2) is 18.1 Å². The molecule has 1 aromatic heterocycles. The molecule has 136 valence electrons. The maximum absolute atomic E-state index is 12.7. The number of nitrogens with zero attached hydrogens (tertiary/aromatic N) is 2. The van der Waals surface area contributed by atoms with Crippen LogP contribution in [-0.2, 0) is 10.0 Å². The number of aryl methyl sites for hydroxylation is 1. The Morgan fingerprint density at radius 1 is 1.36 bits per heavy atom. The Hall–Kier alpha value is -1.64. The highest BCUT2D eigenvalue weighted by Gasteiger charge is 2.25. The predicted octanol–water partition coefficient (Wildman–Crippen LogP) is 2.80. The van der Waals surface area contributed by atoms with Gasteiger partial charge in [-0.3, -0.25) is 0 Å². The average molecular weight is 382 g/mol. The van der Waals surface area contributed by atoms with Crippen molar-refractivity contribution in [3.63, 3.8) is 0 Å². The molecule has 2 heterocycles. The van der Waals surface area contributed by atoms with E-state index in [1.807, 2.05) is 19.2 Å². The zero-order valence-corrected chi connectivity index (χ0v) is 16.1. The van der Waals surface area contributed by atoms with Crippen LogP contribution in [-0.4, -0.2) is 39.1 Å². The van der Waals surface area contributed by atoms with Crippen molar-refractivity contribution in [1.82, 2.24) is 9.71 Å². The van der Waals surface area contributed by atoms with Gasteiger partial charge in [0.1, 0.15) is 5.75 Å². The van der Waals surface area contributed by atoms with Crippen molar-refractivity contribution in [3.8, 4) is 5.75 Å². The molecule has 0 amide bonds. The van der Waals surface area contributed by atoms with Crippen molar-refractivity contribution in [2.45, 2.75) is 37.6 Å². The van der Waals surface area contributed by atoms with Crippen LogP contribution in [0.3, 0.4) is 0 Å². The molecule has 0 unspecified atom stereocenters. The van der Waals surface area contributed by atoms with Gasteiger partial charge in [0.05, 0.1) is 11.5 Å². The summed E-state index contributed by atoms with van der Waals surface area (Å²) in [5.41, 5.74) is 0.823. The number of hydrogen-bond acceptors (Lipinski definition) is 6. The van der Waals surface area contributed by atoms with Gasteiger partial charge in [-0.05, 0) is 50.5 Å². The maximum atomic E-state index is 12.7. The third kappa shape index (κ3) is 4.31. The summed E-state index contributed by atoms with van der Waals surface area (Å²) in [7, 11) is -3.52. The molecule has 0 saturated carbocycles. The van der Waals surface area contributed by atoms with E-state index >= 15 is 0 Å². The van der Waals surface area contributed by atoms with E-state index in [0.29, 0.717) is 6.61 Å². The Balaban J connectivity index is 1.63. The second-order valence-corrected chi connectivity index (χ2v) is 8.64. The summed E-state index contributed by atoms with van der Waals surface area (Å²) in [6.45, 7) is 5.94. The topological polar surface area (TPSA) is 71.5 Å². The highest BCUT2D eigenvalue weighted by atomic mass is 32.2. The maximum Gasteiger partial charge on any atom is 0.240 e. The summed E-state index contributed by atoms with van der Waals surface area (Å²) >= 11 is 1.61. The number of thiazole rings is 1. The van der Waals surface area contributed by atoms with Crippen LogP contribution >= 0.6 is 11.3 Å². The first kappa shape index (κ1) is 18.2. The average Bonchev–Trinajstić information content (AvgIpc) is 3.12. The zero-order valence-electron chi connectivity index (χ0n) is 14.4. The van der Waals surface area contributed by atoms with Gasteiger partial charge in [0.25, 0.3) is 0 Å². The Kier molecular flexibility index (Phi) is 5.61. The van der Waals surface area contributed by atoms with Gasteiger partial charge in [-0.1, -0.05) is 0 Å². The number of piperidine rings is 1. The molecule has 6 nitrogen and oxygen atoms in total. The van der Waals surface area contributed by atoms with Crippen LogP contribution in [0.4, 0.5) is 5.13 Å².